The van der Waals surface area contributed by atoms with Gasteiger partial charge in [0.25, 0.3) is 0 Å². The van der Waals surface area contributed by atoms with E-state index in [-0.39, 0.29) is 12.6 Å². The third-order valence-corrected chi connectivity index (χ3v) is 3.39. The summed E-state index contributed by atoms with van der Waals surface area (Å²) in [7, 11) is -3.19. The van der Waals surface area contributed by atoms with Gasteiger partial charge in [-0.3, -0.25) is 9.56 Å². The number of carboxylic acid groups (broad SMARTS) is 1. The maximum absolute atomic E-state index is 11.1. The van der Waals surface area contributed by atoms with Crippen LogP contribution in [0.25, 0.3) is 0 Å². The summed E-state index contributed by atoms with van der Waals surface area (Å²) in [5, 5.41) is 8.96. The van der Waals surface area contributed by atoms with Gasteiger partial charge in [-0.25, -0.2) is 4.79 Å². The monoisotopic (exact) mass is 269 g/mol. The van der Waals surface area contributed by atoms with E-state index in [9.17, 15) is 9.36 Å². The summed E-state index contributed by atoms with van der Waals surface area (Å²) in [5.74, 6) is -1.09. The molecule has 18 heavy (non-hydrogen) atoms. The topological polar surface area (TPSA) is 87.0 Å². The van der Waals surface area contributed by atoms with Crippen molar-refractivity contribution in [3.63, 3.8) is 0 Å². The molecule has 0 amide bonds. The van der Waals surface area contributed by atoms with Crippen molar-refractivity contribution >= 4 is 19.6 Å². The van der Waals surface area contributed by atoms with Gasteiger partial charge in [0.15, 0.2) is 7.37 Å². The van der Waals surface area contributed by atoms with Crippen LogP contribution in [0.1, 0.15) is 12.0 Å². The predicted octanol–water partition coefficient (Wildman–Crippen LogP) is 1.85. The lowest BCUT2D eigenvalue weighted by atomic mass is 10.2. The van der Waals surface area contributed by atoms with Crippen LogP contribution in [0.2, 0.25) is 0 Å². The smallest absolute Gasteiger partial charge is 0.328 e. The molecule has 0 spiro atoms. The number of hydrogen-bond acceptors (Lipinski definition) is 3. The number of carboxylic acids is 1. The standard InChI is InChI=1S/C12H16NO4P/c1-18(16,17)8-7-11(12(14)15)13-9-10-5-3-2-4-6-10/h2-6,9,11H,7-8H2,1H3,(H,14,15)(H,16,17). The van der Waals surface area contributed by atoms with Gasteiger partial charge in [-0.1, -0.05) is 30.3 Å². The van der Waals surface area contributed by atoms with E-state index < -0.39 is 19.4 Å². The zero-order valence-electron chi connectivity index (χ0n) is 10.1. The number of aliphatic carboxylic acids is 1. The van der Waals surface area contributed by atoms with Crippen molar-refractivity contribution in [1.29, 1.82) is 0 Å². The van der Waals surface area contributed by atoms with E-state index in [1.807, 2.05) is 18.2 Å². The molecule has 0 bridgehead atoms. The Morgan fingerprint density at radius 3 is 2.56 bits per heavy atom. The minimum Gasteiger partial charge on any atom is -0.480 e. The molecular formula is C12H16NO4P. The van der Waals surface area contributed by atoms with Crippen LogP contribution in [-0.4, -0.2) is 41.1 Å². The molecule has 5 nitrogen and oxygen atoms in total. The van der Waals surface area contributed by atoms with E-state index >= 15 is 0 Å². The van der Waals surface area contributed by atoms with Crippen molar-refractivity contribution in [2.45, 2.75) is 12.5 Å². The normalized spacial score (nSPS) is 16.3. The third kappa shape index (κ3) is 5.75. The summed E-state index contributed by atoms with van der Waals surface area (Å²) in [6.45, 7) is 1.22. The number of carbonyl (C=O) groups is 1. The van der Waals surface area contributed by atoms with Crippen LogP contribution in [0.15, 0.2) is 35.3 Å². The first-order valence-corrected chi connectivity index (χ1v) is 7.78. The predicted molar refractivity (Wildman–Crippen MR) is 70.7 cm³/mol. The van der Waals surface area contributed by atoms with Crippen LogP contribution in [-0.2, 0) is 9.36 Å². The first-order chi connectivity index (χ1) is 8.38. The Morgan fingerprint density at radius 1 is 1.44 bits per heavy atom. The molecule has 6 heteroatoms. The Bertz CT molecular complexity index is 466. The largest absolute Gasteiger partial charge is 0.480 e. The van der Waals surface area contributed by atoms with Crippen molar-refractivity contribution in [3.8, 4) is 0 Å². The highest BCUT2D eigenvalue weighted by Gasteiger charge is 2.19. The van der Waals surface area contributed by atoms with E-state index in [1.165, 1.54) is 12.9 Å². The molecule has 0 aromatic heterocycles. The van der Waals surface area contributed by atoms with Crippen LogP contribution >= 0.6 is 7.37 Å². The van der Waals surface area contributed by atoms with Gasteiger partial charge >= 0.3 is 5.97 Å². The molecule has 1 aromatic carbocycles. The van der Waals surface area contributed by atoms with Crippen molar-refractivity contribution in [3.05, 3.63) is 35.9 Å². The zero-order valence-corrected chi connectivity index (χ0v) is 11.0. The lowest BCUT2D eigenvalue weighted by Crippen LogP contribution is -2.19. The number of hydrogen-bond donors (Lipinski definition) is 2. The fourth-order valence-corrected chi connectivity index (χ4v) is 2.06. The molecular weight excluding hydrogens is 253 g/mol. The summed E-state index contributed by atoms with van der Waals surface area (Å²) in [6, 6.07) is 8.13. The SMILES string of the molecule is CP(=O)(O)CCC(N=Cc1ccccc1)C(=O)O. The van der Waals surface area contributed by atoms with E-state index in [4.69, 9.17) is 10.00 Å². The molecule has 2 atom stereocenters. The van der Waals surface area contributed by atoms with Crippen molar-refractivity contribution < 1.29 is 19.4 Å². The lowest BCUT2D eigenvalue weighted by Gasteiger charge is -2.09. The molecule has 0 saturated heterocycles. The Kier molecular flexibility index (Phi) is 5.25. The summed E-state index contributed by atoms with van der Waals surface area (Å²) >= 11 is 0. The average Bonchev–Trinajstić information content (AvgIpc) is 2.28. The van der Waals surface area contributed by atoms with Gasteiger partial charge in [0.2, 0.25) is 0 Å². The van der Waals surface area contributed by atoms with Crippen LogP contribution in [0.5, 0.6) is 0 Å². The third-order valence-electron chi connectivity index (χ3n) is 2.31. The fourth-order valence-electron chi connectivity index (χ4n) is 1.34. The maximum Gasteiger partial charge on any atom is 0.328 e. The van der Waals surface area contributed by atoms with E-state index in [2.05, 4.69) is 4.99 Å². The molecule has 0 radical (unpaired) electrons. The summed E-state index contributed by atoms with van der Waals surface area (Å²) in [6.07, 6.45) is 1.48. The Balaban J connectivity index is 2.67. The van der Waals surface area contributed by atoms with Crippen molar-refractivity contribution in [2.24, 2.45) is 4.99 Å². The van der Waals surface area contributed by atoms with Crippen LogP contribution in [0, 0.1) is 0 Å². The molecule has 0 heterocycles. The molecule has 0 aliphatic heterocycles. The van der Waals surface area contributed by atoms with Gasteiger partial charge in [0, 0.05) is 19.0 Å². The molecule has 2 N–H and O–H groups in total. The second-order valence-electron chi connectivity index (χ2n) is 4.11. The summed E-state index contributed by atoms with van der Waals surface area (Å²) < 4.78 is 11.1. The van der Waals surface area contributed by atoms with Gasteiger partial charge in [0.05, 0.1) is 0 Å². The second-order valence-corrected chi connectivity index (χ2v) is 6.66. The van der Waals surface area contributed by atoms with E-state index in [0.29, 0.717) is 0 Å². The molecule has 0 aliphatic rings. The highest BCUT2D eigenvalue weighted by molar-refractivity contribution is 7.57. The van der Waals surface area contributed by atoms with Crippen molar-refractivity contribution in [1.82, 2.24) is 0 Å². The molecule has 98 valence electrons. The van der Waals surface area contributed by atoms with Gasteiger partial charge in [0.1, 0.15) is 6.04 Å². The minimum atomic E-state index is -3.19. The first-order valence-electron chi connectivity index (χ1n) is 5.49. The number of nitrogens with zero attached hydrogens (tertiary/aromatic N) is 1. The van der Waals surface area contributed by atoms with Crippen molar-refractivity contribution in [2.75, 3.05) is 12.8 Å². The molecule has 0 saturated carbocycles. The first kappa shape index (κ1) is 14.6. The minimum absolute atomic E-state index is 0.0455. The van der Waals surface area contributed by atoms with Crippen LogP contribution < -0.4 is 0 Å². The quantitative estimate of drug-likeness (QED) is 0.609. The highest BCUT2D eigenvalue weighted by atomic mass is 31.2. The molecule has 0 aliphatic carbocycles. The van der Waals surface area contributed by atoms with Crippen LogP contribution in [0.4, 0.5) is 0 Å². The second kappa shape index (κ2) is 6.47. The molecule has 2 unspecified atom stereocenters. The summed E-state index contributed by atoms with van der Waals surface area (Å²) in [5.41, 5.74) is 0.799. The van der Waals surface area contributed by atoms with Gasteiger partial charge in [-0.05, 0) is 12.0 Å². The Labute approximate surface area is 106 Å². The molecule has 1 aromatic rings. The van der Waals surface area contributed by atoms with E-state index in [0.717, 1.165) is 5.56 Å². The number of rotatable bonds is 6. The van der Waals surface area contributed by atoms with E-state index in [1.54, 1.807) is 12.1 Å². The number of aliphatic imine (C=N–C) groups is 1. The van der Waals surface area contributed by atoms with Crippen LogP contribution in [0.3, 0.4) is 0 Å². The van der Waals surface area contributed by atoms with Gasteiger partial charge in [-0.2, -0.15) is 0 Å². The molecule has 0 fully saturated rings. The zero-order chi connectivity index (χ0) is 13.6. The highest BCUT2D eigenvalue weighted by Crippen LogP contribution is 2.36. The summed E-state index contributed by atoms with van der Waals surface area (Å²) in [4.78, 5) is 24.0. The fraction of sp³-hybridized carbons (Fsp3) is 0.333. The number of benzene rings is 1. The Morgan fingerprint density at radius 2 is 2.06 bits per heavy atom. The molecule has 1 rings (SSSR count). The van der Waals surface area contributed by atoms with Gasteiger partial charge in [-0.15, -0.1) is 0 Å². The lowest BCUT2D eigenvalue weighted by molar-refractivity contribution is -0.138. The average molecular weight is 269 g/mol. The van der Waals surface area contributed by atoms with Gasteiger partial charge < -0.3 is 10.00 Å². The maximum atomic E-state index is 11.1. The Hall–Kier alpha value is -1.45.